The quantitative estimate of drug-likeness (QED) is 0.213. The van der Waals surface area contributed by atoms with Gasteiger partial charge in [0, 0.05) is 37.1 Å². The van der Waals surface area contributed by atoms with Crippen LogP contribution in [-0.4, -0.2) is 14.5 Å². The zero-order valence-electron chi connectivity index (χ0n) is 22.2. The summed E-state index contributed by atoms with van der Waals surface area (Å²) in [7, 11) is 0. The third kappa shape index (κ3) is 5.92. The van der Waals surface area contributed by atoms with E-state index >= 15 is 0 Å². The number of hydrogen-bond donors (Lipinski definition) is 3. The van der Waals surface area contributed by atoms with Crippen molar-refractivity contribution in [3.8, 4) is 0 Å². The SMILES string of the molecule is CC.CCCCc1nc2c(N)nc3cc(NCc4ccc(CN)cc4)ccc3c2n1Cc1ccccc1. The van der Waals surface area contributed by atoms with Gasteiger partial charge >= 0.3 is 0 Å². The number of benzene rings is 3. The molecule has 0 unspecified atom stereocenters. The largest absolute Gasteiger partial charge is 0.382 e. The van der Waals surface area contributed by atoms with Crippen LogP contribution in [-0.2, 0) is 26.1 Å². The summed E-state index contributed by atoms with van der Waals surface area (Å²) in [5.74, 6) is 1.54. The Morgan fingerprint density at radius 1 is 0.865 bits per heavy atom. The van der Waals surface area contributed by atoms with E-state index in [2.05, 4.69) is 83.5 Å². The highest BCUT2D eigenvalue weighted by Gasteiger charge is 2.17. The van der Waals surface area contributed by atoms with Crippen molar-refractivity contribution in [1.82, 2.24) is 14.5 Å². The summed E-state index contributed by atoms with van der Waals surface area (Å²) in [6.07, 6.45) is 3.12. The normalized spacial score (nSPS) is 10.9. The first kappa shape index (κ1) is 26.2. The van der Waals surface area contributed by atoms with E-state index in [4.69, 9.17) is 21.4 Å². The Hall–Kier alpha value is -3.90. The van der Waals surface area contributed by atoms with E-state index in [1.807, 2.05) is 19.9 Å². The fourth-order valence-corrected chi connectivity index (χ4v) is 4.53. The number of nitrogens with one attached hydrogen (secondary N) is 1. The number of imidazole rings is 1. The molecule has 5 rings (SSSR count). The number of hydrogen-bond acceptors (Lipinski definition) is 5. The van der Waals surface area contributed by atoms with Gasteiger partial charge < -0.3 is 21.4 Å². The molecule has 6 heteroatoms. The van der Waals surface area contributed by atoms with Crippen molar-refractivity contribution >= 4 is 33.4 Å². The van der Waals surface area contributed by atoms with Crippen molar-refractivity contribution in [3.63, 3.8) is 0 Å². The lowest BCUT2D eigenvalue weighted by molar-refractivity contribution is 0.690. The van der Waals surface area contributed by atoms with Crippen molar-refractivity contribution in [2.75, 3.05) is 11.1 Å². The summed E-state index contributed by atoms with van der Waals surface area (Å²) >= 11 is 0. The lowest BCUT2D eigenvalue weighted by Crippen LogP contribution is -2.06. The van der Waals surface area contributed by atoms with Gasteiger partial charge in [0.2, 0.25) is 0 Å². The summed E-state index contributed by atoms with van der Waals surface area (Å²) in [6, 6.07) is 25.2. The van der Waals surface area contributed by atoms with Crippen molar-refractivity contribution in [1.29, 1.82) is 0 Å². The average Bonchev–Trinajstić information content (AvgIpc) is 3.31. The molecule has 0 aliphatic heterocycles. The number of nitrogens with two attached hydrogens (primary N) is 2. The molecule has 2 heterocycles. The lowest BCUT2D eigenvalue weighted by Gasteiger charge is -2.12. The van der Waals surface area contributed by atoms with Gasteiger partial charge in [0.05, 0.1) is 11.0 Å². The molecule has 0 atom stereocenters. The first-order valence-electron chi connectivity index (χ1n) is 13.3. The number of pyridine rings is 1. The van der Waals surface area contributed by atoms with Gasteiger partial charge in [-0.1, -0.05) is 81.8 Å². The highest BCUT2D eigenvalue weighted by atomic mass is 15.1. The van der Waals surface area contributed by atoms with Crippen molar-refractivity contribution in [3.05, 3.63) is 95.3 Å². The summed E-state index contributed by atoms with van der Waals surface area (Å²) in [5.41, 5.74) is 19.5. The smallest absolute Gasteiger partial charge is 0.152 e. The average molecular weight is 495 g/mol. The van der Waals surface area contributed by atoms with Gasteiger partial charge in [-0.3, -0.25) is 0 Å². The second-order valence-electron chi connectivity index (χ2n) is 9.00. The maximum absolute atomic E-state index is 6.45. The Morgan fingerprint density at radius 3 is 2.30 bits per heavy atom. The van der Waals surface area contributed by atoms with E-state index in [1.54, 1.807) is 0 Å². The van der Waals surface area contributed by atoms with E-state index in [0.717, 1.165) is 71.4 Å². The Labute approximate surface area is 219 Å². The molecule has 192 valence electrons. The minimum absolute atomic E-state index is 0.478. The van der Waals surface area contributed by atoms with Gasteiger partial charge in [0.25, 0.3) is 0 Å². The molecule has 37 heavy (non-hydrogen) atoms. The van der Waals surface area contributed by atoms with Gasteiger partial charge in [0.1, 0.15) is 11.3 Å². The predicted molar refractivity (Wildman–Crippen MR) is 157 cm³/mol. The molecule has 0 spiro atoms. The van der Waals surface area contributed by atoms with Crippen LogP contribution in [0.3, 0.4) is 0 Å². The third-order valence-corrected chi connectivity index (χ3v) is 6.48. The molecule has 0 radical (unpaired) electrons. The first-order chi connectivity index (χ1) is 18.2. The molecule has 5 aromatic rings. The molecule has 0 bridgehead atoms. The second-order valence-corrected chi connectivity index (χ2v) is 9.00. The van der Waals surface area contributed by atoms with Crippen LogP contribution in [0.4, 0.5) is 11.5 Å². The monoisotopic (exact) mass is 494 g/mol. The summed E-state index contributed by atoms with van der Waals surface area (Å²) in [4.78, 5) is 9.69. The van der Waals surface area contributed by atoms with Crippen LogP contribution in [0, 0.1) is 0 Å². The van der Waals surface area contributed by atoms with Gasteiger partial charge in [-0.05, 0) is 41.3 Å². The standard InChI is InChI=1S/C29H32N6.C2H6/c1-2-3-9-26-34-27-28(35(26)19-22-7-5-4-6-8-22)24-15-14-23(16-25(24)33-29(27)31)32-18-21-12-10-20(17-30)11-13-21;1-2/h4-8,10-16,32H,2-3,9,17-19,30H2,1H3,(H2,31,33);1-2H3. The number of nitrogens with zero attached hydrogens (tertiary/aromatic N) is 3. The number of aromatic nitrogens is 3. The molecule has 0 aliphatic carbocycles. The minimum atomic E-state index is 0.478. The molecular weight excluding hydrogens is 456 g/mol. The maximum atomic E-state index is 6.45. The van der Waals surface area contributed by atoms with Gasteiger partial charge in [-0.25, -0.2) is 9.97 Å². The number of fused-ring (bicyclic) bond motifs is 3. The van der Waals surface area contributed by atoms with Gasteiger partial charge in [-0.15, -0.1) is 0 Å². The lowest BCUT2D eigenvalue weighted by atomic mass is 10.1. The predicted octanol–water partition coefficient (Wildman–Crippen LogP) is 6.65. The Balaban J connectivity index is 0.00000156. The summed E-state index contributed by atoms with van der Waals surface area (Å²) < 4.78 is 2.33. The summed E-state index contributed by atoms with van der Waals surface area (Å²) in [5, 5.41) is 4.58. The van der Waals surface area contributed by atoms with Crippen molar-refractivity contribution in [2.24, 2.45) is 5.73 Å². The Bertz CT molecular complexity index is 1440. The number of anilines is 2. The first-order valence-corrected chi connectivity index (χ1v) is 13.3. The van der Waals surface area contributed by atoms with Crippen LogP contribution in [0.1, 0.15) is 56.1 Å². The topological polar surface area (TPSA) is 94.8 Å². The number of rotatable bonds is 9. The van der Waals surface area contributed by atoms with Crippen molar-refractivity contribution < 1.29 is 0 Å². The van der Waals surface area contributed by atoms with Gasteiger partial charge in [-0.2, -0.15) is 0 Å². The zero-order valence-corrected chi connectivity index (χ0v) is 22.2. The van der Waals surface area contributed by atoms with Crippen LogP contribution in [0.25, 0.3) is 21.9 Å². The molecule has 0 saturated heterocycles. The molecule has 0 aliphatic rings. The Morgan fingerprint density at radius 2 is 1.59 bits per heavy atom. The van der Waals surface area contributed by atoms with Crippen LogP contribution in [0.15, 0.2) is 72.8 Å². The van der Waals surface area contributed by atoms with Crippen LogP contribution in [0.5, 0.6) is 0 Å². The van der Waals surface area contributed by atoms with Crippen molar-refractivity contribution in [2.45, 2.75) is 59.7 Å². The van der Waals surface area contributed by atoms with E-state index in [-0.39, 0.29) is 0 Å². The number of unbranched alkanes of at least 4 members (excludes halogenated alkanes) is 1. The van der Waals surface area contributed by atoms with E-state index in [0.29, 0.717) is 12.4 Å². The second kappa shape index (κ2) is 12.4. The molecule has 3 aromatic carbocycles. The number of nitrogen functional groups attached to an aromatic ring is 1. The van der Waals surface area contributed by atoms with Crippen LogP contribution >= 0.6 is 0 Å². The van der Waals surface area contributed by atoms with Crippen LogP contribution < -0.4 is 16.8 Å². The number of aryl methyl sites for hydroxylation is 1. The maximum Gasteiger partial charge on any atom is 0.152 e. The van der Waals surface area contributed by atoms with Crippen LogP contribution in [0.2, 0.25) is 0 Å². The van der Waals surface area contributed by atoms with E-state index in [9.17, 15) is 0 Å². The molecule has 0 fully saturated rings. The summed E-state index contributed by atoms with van der Waals surface area (Å²) in [6.45, 7) is 8.24. The zero-order chi connectivity index (χ0) is 26.2. The third-order valence-electron chi connectivity index (χ3n) is 6.48. The molecular formula is C31H38N6. The van der Waals surface area contributed by atoms with E-state index in [1.165, 1.54) is 11.1 Å². The Kier molecular flexibility index (Phi) is 8.75. The molecule has 2 aromatic heterocycles. The van der Waals surface area contributed by atoms with E-state index < -0.39 is 0 Å². The highest BCUT2D eigenvalue weighted by Crippen LogP contribution is 2.31. The minimum Gasteiger partial charge on any atom is -0.382 e. The molecule has 0 amide bonds. The van der Waals surface area contributed by atoms with Gasteiger partial charge in [0.15, 0.2) is 5.82 Å². The highest BCUT2D eigenvalue weighted by molar-refractivity contribution is 6.07. The fourth-order valence-electron chi connectivity index (χ4n) is 4.53. The molecule has 6 nitrogen and oxygen atoms in total. The fraction of sp³-hybridized carbons (Fsp3) is 0.290. The molecule has 5 N–H and O–H groups in total. The molecule has 0 saturated carbocycles.